The molecule has 128 valence electrons. The number of fused-ring (bicyclic) bond motifs is 2. The van der Waals surface area contributed by atoms with Crippen molar-refractivity contribution in [3.05, 3.63) is 34.6 Å². The SMILES string of the molecule is CO.CO[C@@H]1C=C2C=C3C(=C(C)C(=O)N3C)C[C@]2(C)[C@@H](C)[C@H]1O. The number of amides is 1. The molecule has 2 N–H and O–H groups in total. The van der Waals surface area contributed by atoms with Crippen molar-refractivity contribution in [2.75, 3.05) is 21.3 Å². The van der Waals surface area contributed by atoms with Crippen LogP contribution >= 0.6 is 0 Å². The highest BCUT2D eigenvalue weighted by Gasteiger charge is 2.49. The smallest absolute Gasteiger partial charge is 0.254 e. The zero-order chi connectivity index (χ0) is 17.5. The molecule has 5 heteroatoms. The lowest BCUT2D eigenvalue weighted by Crippen LogP contribution is -2.47. The number of hydrogen-bond acceptors (Lipinski definition) is 4. The number of carbonyl (C=O) groups excluding carboxylic acids is 1. The van der Waals surface area contributed by atoms with E-state index in [0.29, 0.717) is 0 Å². The Bertz CT molecular complexity index is 604. The Morgan fingerprint density at radius 3 is 2.57 bits per heavy atom. The Labute approximate surface area is 137 Å². The van der Waals surface area contributed by atoms with Crippen LogP contribution in [0.2, 0.25) is 0 Å². The molecule has 2 aliphatic carbocycles. The molecule has 1 aliphatic heterocycles. The van der Waals surface area contributed by atoms with Crippen LogP contribution in [-0.2, 0) is 9.53 Å². The van der Waals surface area contributed by atoms with Gasteiger partial charge in [0.2, 0.25) is 0 Å². The molecule has 5 nitrogen and oxygen atoms in total. The summed E-state index contributed by atoms with van der Waals surface area (Å²) in [6.45, 7) is 6.14. The van der Waals surface area contributed by atoms with Gasteiger partial charge in [-0.3, -0.25) is 4.79 Å². The van der Waals surface area contributed by atoms with Crippen molar-refractivity contribution in [2.24, 2.45) is 11.3 Å². The van der Waals surface area contributed by atoms with Crippen LogP contribution in [-0.4, -0.2) is 54.5 Å². The Balaban J connectivity index is 0.000000924. The van der Waals surface area contributed by atoms with Crippen molar-refractivity contribution in [1.82, 2.24) is 4.90 Å². The molecule has 0 saturated carbocycles. The van der Waals surface area contributed by atoms with Gasteiger partial charge in [0.05, 0.1) is 6.10 Å². The third-order valence-electron chi connectivity index (χ3n) is 5.71. The molecule has 0 aromatic heterocycles. The molecule has 3 aliphatic rings. The van der Waals surface area contributed by atoms with Gasteiger partial charge in [0.15, 0.2) is 0 Å². The summed E-state index contributed by atoms with van der Waals surface area (Å²) in [5.74, 6) is 0.150. The molecular formula is C18H27NO4. The number of likely N-dealkylation sites (N-methyl/N-ethyl adjacent to an activating group) is 1. The number of hydrogen-bond donors (Lipinski definition) is 2. The summed E-state index contributed by atoms with van der Waals surface area (Å²) in [6, 6.07) is 0. The number of nitrogens with zero attached hydrogens (tertiary/aromatic N) is 1. The van der Waals surface area contributed by atoms with Gasteiger partial charge in [-0.05, 0) is 42.6 Å². The lowest BCUT2D eigenvalue weighted by molar-refractivity contribution is -0.123. The second-order valence-corrected chi connectivity index (χ2v) is 6.69. The first-order valence-electron chi connectivity index (χ1n) is 7.89. The molecule has 0 saturated heterocycles. The minimum Gasteiger partial charge on any atom is -0.400 e. The number of aliphatic hydroxyl groups is 2. The van der Waals surface area contributed by atoms with Gasteiger partial charge in [0, 0.05) is 38.0 Å². The lowest BCUT2D eigenvalue weighted by Gasteiger charge is -2.47. The standard InChI is InChI=1S/C17H23NO3.CH4O/c1-9-12-8-17(3)10(2)15(19)14(21-5)7-11(17)6-13(12)18(4)16(9)20;1-2/h6-7,10,14-15,19H,8H2,1-5H3;2H,1H3/t10-,14+,15+,17+;/m0./s1. The van der Waals surface area contributed by atoms with E-state index >= 15 is 0 Å². The zero-order valence-corrected chi connectivity index (χ0v) is 14.8. The minimum atomic E-state index is -0.519. The van der Waals surface area contributed by atoms with Crippen molar-refractivity contribution in [3.8, 4) is 0 Å². The van der Waals surface area contributed by atoms with Crippen LogP contribution in [0.5, 0.6) is 0 Å². The van der Waals surface area contributed by atoms with Gasteiger partial charge in [0.25, 0.3) is 5.91 Å². The van der Waals surface area contributed by atoms with Crippen LogP contribution in [0.25, 0.3) is 0 Å². The quantitative estimate of drug-likeness (QED) is 0.770. The predicted molar refractivity (Wildman–Crippen MR) is 88.5 cm³/mol. The number of rotatable bonds is 1. The fourth-order valence-corrected chi connectivity index (χ4v) is 3.88. The minimum absolute atomic E-state index is 0.0709. The van der Waals surface area contributed by atoms with E-state index in [-0.39, 0.29) is 23.3 Å². The fraction of sp³-hybridized carbons (Fsp3) is 0.611. The third-order valence-corrected chi connectivity index (χ3v) is 5.71. The maximum Gasteiger partial charge on any atom is 0.254 e. The molecule has 0 aromatic rings. The second-order valence-electron chi connectivity index (χ2n) is 6.69. The van der Waals surface area contributed by atoms with E-state index in [4.69, 9.17) is 9.84 Å². The average molecular weight is 321 g/mol. The van der Waals surface area contributed by atoms with E-state index in [1.165, 1.54) is 5.57 Å². The molecule has 0 spiro atoms. The summed E-state index contributed by atoms with van der Waals surface area (Å²) in [5, 5.41) is 17.5. The summed E-state index contributed by atoms with van der Waals surface area (Å²) < 4.78 is 5.40. The lowest BCUT2D eigenvalue weighted by atomic mass is 9.60. The Kier molecular flexibility index (Phi) is 4.85. The molecule has 4 atom stereocenters. The number of carbonyl (C=O) groups is 1. The maximum absolute atomic E-state index is 12.2. The van der Waals surface area contributed by atoms with Crippen molar-refractivity contribution in [2.45, 2.75) is 39.4 Å². The molecule has 0 unspecified atom stereocenters. The van der Waals surface area contributed by atoms with Gasteiger partial charge in [0.1, 0.15) is 6.10 Å². The largest absolute Gasteiger partial charge is 0.400 e. The normalized spacial score (nSPS) is 35.9. The second kappa shape index (κ2) is 6.23. The summed E-state index contributed by atoms with van der Waals surface area (Å²) in [4.78, 5) is 13.9. The molecule has 1 amide bonds. The number of ether oxygens (including phenoxy) is 1. The molecule has 23 heavy (non-hydrogen) atoms. The third kappa shape index (κ3) is 2.47. The number of methoxy groups -OCH3 is 1. The highest BCUT2D eigenvalue weighted by Crippen LogP contribution is 2.53. The number of allylic oxidation sites excluding steroid dienone is 3. The van der Waals surface area contributed by atoms with Crippen LogP contribution in [0.1, 0.15) is 27.2 Å². The molecule has 0 bridgehead atoms. The highest BCUT2D eigenvalue weighted by atomic mass is 16.5. The zero-order valence-electron chi connectivity index (χ0n) is 14.8. The first kappa shape index (κ1) is 17.9. The van der Waals surface area contributed by atoms with Crippen LogP contribution in [0.4, 0.5) is 0 Å². The van der Waals surface area contributed by atoms with Crippen LogP contribution in [0.15, 0.2) is 34.6 Å². The average Bonchev–Trinajstić information content (AvgIpc) is 2.76. The first-order valence-corrected chi connectivity index (χ1v) is 7.89. The highest BCUT2D eigenvalue weighted by molar-refractivity contribution is 6.00. The molecule has 1 heterocycles. The van der Waals surface area contributed by atoms with E-state index in [1.54, 1.807) is 12.0 Å². The van der Waals surface area contributed by atoms with Crippen LogP contribution < -0.4 is 0 Å². The summed E-state index contributed by atoms with van der Waals surface area (Å²) in [6.07, 6.45) is 4.10. The Hall–Kier alpha value is -1.43. The molecule has 3 rings (SSSR count). The van der Waals surface area contributed by atoms with Gasteiger partial charge in [-0.15, -0.1) is 0 Å². The predicted octanol–water partition coefficient (Wildman–Crippen LogP) is 1.63. The fourth-order valence-electron chi connectivity index (χ4n) is 3.88. The number of aliphatic hydroxyl groups excluding tert-OH is 2. The van der Waals surface area contributed by atoms with Gasteiger partial charge in [-0.25, -0.2) is 0 Å². The Morgan fingerprint density at radius 1 is 1.39 bits per heavy atom. The monoisotopic (exact) mass is 321 g/mol. The van der Waals surface area contributed by atoms with E-state index in [9.17, 15) is 9.90 Å². The van der Waals surface area contributed by atoms with Crippen LogP contribution in [0, 0.1) is 11.3 Å². The van der Waals surface area contributed by atoms with E-state index in [2.05, 4.69) is 19.9 Å². The summed E-state index contributed by atoms with van der Waals surface area (Å²) in [7, 11) is 4.44. The molecule has 0 fully saturated rings. The first-order chi connectivity index (χ1) is 10.8. The van der Waals surface area contributed by atoms with Gasteiger partial charge < -0.3 is 19.8 Å². The summed E-state index contributed by atoms with van der Waals surface area (Å²) >= 11 is 0. The van der Waals surface area contributed by atoms with Crippen molar-refractivity contribution in [1.29, 1.82) is 0 Å². The van der Waals surface area contributed by atoms with E-state index in [1.807, 2.05) is 20.0 Å². The maximum atomic E-state index is 12.2. The van der Waals surface area contributed by atoms with Gasteiger partial charge >= 0.3 is 0 Å². The Morgan fingerprint density at radius 2 is 2.00 bits per heavy atom. The van der Waals surface area contributed by atoms with Crippen molar-refractivity contribution in [3.63, 3.8) is 0 Å². The van der Waals surface area contributed by atoms with Crippen molar-refractivity contribution < 1.29 is 19.7 Å². The molecule has 0 aromatic carbocycles. The van der Waals surface area contributed by atoms with Gasteiger partial charge in [-0.2, -0.15) is 0 Å². The van der Waals surface area contributed by atoms with Gasteiger partial charge in [-0.1, -0.05) is 13.8 Å². The molecular weight excluding hydrogens is 294 g/mol. The van der Waals surface area contributed by atoms with E-state index < -0.39 is 6.10 Å². The van der Waals surface area contributed by atoms with Crippen molar-refractivity contribution >= 4 is 5.91 Å². The molecule has 0 radical (unpaired) electrons. The topological polar surface area (TPSA) is 70.0 Å². The summed E-state index contributed by atoms with van der Waals surface area (Å²) in [5.41, 5.74) is 3.97. The van der Waals surface area contributed by atoms with Crippen LogP contribution in [0.3, 0.4) is 0 Å². The van der Waals surface area contributed by atoms with E-state index in [0.717, 1.165) is 30.4 Å².